The number of H-pyrrole nitrogens is 1. The van der Waals surface area contributed by atoms with E-state index in [0.717, 1.165) is 31.1 Å². The number of carbonyl (C=O) groups excluding carboxylic acids is 2. The number of piperidine rings is 1. The molecule has 2 aromatic rings. The highest BCUT2D eigenvalue weighted by Gasteiger charge is 2.48. The predicted octanol–water partition coefficient (Wildman–Crippen LogP) is 1.58. The van der Waals surface area contributed by atoms with Crippen molar-refractivity contribution < 1.29 is 14.7 Å². The lowest BCUT2D eigenvalue weighted by Crippen LogP contribution is -2.59. The van der Waals surface area contributed by atoms with Gasteiger partial charge in [0.1, 0.15) is 5.56 Å². The van der Waals surface area contributed by atoms with Crippen LogP contribution in [-0.4, -0.2) is 76.6 Å². The van der Waals surface area contributed by atoms with Crippen LogP contribution < -0.4 is 10.9 Å². The first-order valence-corrected chi connectivity index (χ1v) is 11.8. The SMILES string of the molecule is CC(C)C1C(NC(=O)c2cc3ccccc3[nH]c2=O)CC2CCC1N2C[C@@H](O)CN(C)C=O. The lowest BCUT2D eigenvalue weighted by molar-refractivity contribution is -0.118. The van der Waals surface area contributed by atoms with E-state index in [9.17, 15) is 19.5 Å². The van der Waals surface area contributed by atoms with Crippen LogP contribution in [0.2, 0.25) is 0 Å². The number of fused-ring (bicyclic) bond motifs is 3. The summed E-state index contributed by atoms with van der Waals surface area (Å²) in [4.78, 5) is 43.3. The average Bonchev–Trinajstić information content (AvgIpc) is 3.03. The summed E-state index contributed by atoms with van der Waals surface area (Å²) < 4.78 is 0. The third-order valence-electron chi connectivity index (χ3n) is 7.31. The first kappa shape index (κ1) is 23.4. The van der Waals surface area contributed by atoms with Gasteiger partial charge in [-0.25, -0.2) is 0 Å². The molecular weight excluding hydrogens is 420 g/mol. The van der Waals surface area contributed by atoms with Gasteiger partial charge in [0.15, 0.2) is 0 Å². The minimum absolute atomic E-state index is 0.0353. The van der Waals surface area contributed by atoms with Gasteiger partial charge in [0, 0.05) is 43.8 Å². The smallest absolute Gasteiger partial charge is 0.261 e. The van der Waals surface area contributed by atoms with Crippen molar-refractivity contribution in [3.8, 4) is 0 Å². The fourth-order valence-corrected chi connectivity index (χ4v) is 5.94. The molecule has 2 aliphatic rings. The van der Waals surface area contributed by atoms with Crippen molar-refractivity contribution in [3.05, 3.63) is 46.2 Å². The van der Waals surface area contributed by atoms with Crippen LogP contribution in [0.1, 0.15) is 43.5 Å². The van der Waals surface area contributed by atoms with Crippen LogP contribution in [0.25, 0.3) is 10.9 Å². The molecule has 2 amide bonds. The molecule has 4 unspecified atom stereocenters. The monoisotopic (exact) mass is 454 g/mol. The van der Waals surface area contributed by atoms with Gasteiger partial charge < -0.3 is 20.3 Å². The van der Waals surface area contributed by atoms with Crippen molar-refractivity contribution >= 4 is 23.2 Å². The van der Waals surface area contributed by atoms with Crippen LogP contribution in [0.4, 0.5) is 0 Å². The largest absolute Gasteiger partial charge is 0.390 e. The Morgan fingerprint density at radius 3 is 2.82 bits per heavy atom. The minimum atomic E-state index is -0.613. The predicted molar refractivity (Wildman–Crippen MR) is 127 cm³/mol. The maximum atomic E-state index is 13.2. The summed E-state index contributed by atoms with van der Waals surface area (Å²) in [6.07, 6.45) is 2.94. The van der Waals surface area contributed by atoms with Crippen LogP contribution in [0, 0.1) is 11.8 Å². The Morgan fingerprint density at radius 1 is 1.33 bits per heavy atom. The number of benzene rings is 1. The van der Waals surface area contributed by atoms with Crippen LogP contribution in [0.15, 0.2) is 35.1 Å². The molecule has 2 fully saturated rings. The van der Waals surface area contributed by atoms with Crippen molar-refractivity contribution in [1.29, 1.82) is 0 Å². The van der Waals surface area contributed by atoms with Gasteiger partial charge in [-0.15, -0.1) is 0 Å². The zero-order chi connectivity index (χ0) is 23.7. The van der Waals surface area contributed by atoms with Crippen LogP contribution >= 0.6 is 0 Å². The molecule has 0 saturated carbocycles. The second-order valence-electron chi connectivity index (χ2n) is 9.93. The molecule has 0 radical (unpaired) electrons. The van der Waals surface area contributed by atoms with Crippen LogP contribution in [-0.2, 0) is 4.79 Å². The summed E-state index contributed by atoms with van der Waals surface area (Å²) in [5.74, 6) is 0.202. The number of nitrogens with zero attached hydrogens (tertiary/aromatic N) is 2. The van der Waals surface area contributed by atoms with Crippen molar-refractivity contribution in [2.75, 3.05) is 20.1 Å². The molecule has 8 nitrogen and oxygen atoms in total. The molecule has 33 heavy (non-hydrogen) atoms. The fourth-order valence-electron chi connectivity index (χ4n) is 5.94. The van der Waals surface area contributed by atoms with E-state index in [-0.39, 0.29) is 41.1 Å². The molecule has 2 aliphatic heterocycles. The highest BCUT2D eigenvalue weighted by Crippen LogP contribution is 2.42. The van der Waals surface area contributed by atoms with Gasteiger partial charge >= 0.3 is 0 Å². The summed E-state index contributed by atoms with van der Waals surface area (Å²) in [7, 11) is 1.66. The van der Waals surface area contributed by atoms with Gasteiger partial charge in [-0.1, -0.05) is 32.0 Å². The first-order chi connectivity index (χ1) is 15.8. The zero-order valence-electron chi connectivity index (χ0n) is 19.5. The van der Waals surface area contributed by atoms with Gasteiger partial charge in [0.2, 0.25) is 6.41 Å². The standard InChI is InChI=1S/C25H34N4O4/c1-15(2)23-21(11-17-8-9-22(23)29(17)13-18(31)12-28(3)14-30)27-25(33)19-10-16-6-4-5-7-20(16)26-24(19)32/h4-7,10,14-15,17-18,21-23,31H,8-9,11-13H2,1-3H3,(H,26,32)(H,27,33)/t17?,18-,21?,22?,23?/m0/s1. The third-order valence-corrected chi connectivity index (χ3v) is 7.31. The van der Waals surface area contributed by atoms with E-state index in [0.29, 0.717) is 24.5 Å². The normalized spacial score (nSPS) is 25.8. The van der Waals surface area contributed by atoms with E-state index in [1.54, 1.807) is 13.1 Å². The highest BCUT2D eigenvalue weighted by atomic mass is 16.3. The molecule has 2 bridgehead atoms. The fraction of sp³-hybridized carbons (Fsp3) is 0.560. The highest BCUT2D eigenvalue weighted by molar-refractivity contribution is 5.97. The molecule has 0 aliphatic carbocycles. The number of carbonyl (C=O) groups is 2. The van der Waals surface area contributed by atoms with Crippen molar-refractivity contribution in [2.24, 2.45) is 11.8 Å². The van der Waals surface area contributed by atoms with Crippen molar-refractivity contribution in [2.45, 2.75) is 57.3 Å². The molecular formula is C25H34N4O4. The maximum Gasteiger partial charge on any atom is 0.261 e. The minimum Gasteiger partial charge on any atom is -0.390 e. The molecule has 4 rings (SSSR count). The molecule has 0 spiro atoms. The number of aromatic amines is 1. The molecule has 1 aromatic heterocycles. The van der Waals surface area contributed by atoms with E-state index >= 15 is 0 Å². The number of nitrogens with one attached hydrogen (secondary N) is 2. The quantitative estimate of drug-likeness (QED) is 0.525. The van der Waals surface area contributed by atoms with E-state index in [4.69, 9.17) is 0 Å². The Labute approximate surface area is 194 Å². The van der Waals surface area contributed by atoms with E-state index in [2.05, 4.69) is 29.0 Å². The average molecular weight is 455 g/mol. The lowest BCUT2D eigenvalue weighted by Gasteiger charge is -2.47. The van der Waals surface area contributed by atoms with Gasteiger partial charge in [-0.05, 0) is 48.6 Å². The molecule has 5 atom stereocenters. The topological polar surface area (TPSA) is 106 Å². The zero-order valence-corrected chi connectivity index (χ0v) is 19.5. The van der Waals surface area contributed by atoms with Crippen LogP contribution in [0.3, 0.4) is 0 Å². The Morgan fingerprint density at radius 2 is 2.09 bits per heavy atom. The number of pyridine rings is 1. The summed E-state index contributed by atoms with van der Waals surface area (Å²) >= 11 is 0. The molecule has 178 valence electrons. The Bertz CT molecular complexity index is 1070. The number of rotatable bonds is 8. The Kier molecular flexibility index (Phi) is 6.86. The van der Waals surface area contributed by atoms with Gasteiger partial charge in [0.05, 0.1) is 6.10 Å². The van der Waals surface area contributed by atoms with E-state index in [1.807, 2.05) is 24.3 Å². The molecule has 1 aromatic carbocycles. The molecule has 2 saturated heterocycles. The lowest BCUT2D eigenvalue weighted by atomic mass is 9.77. The number of aromatic nitrogens is 1. The number of hydrogen-bond donors (Lipinski definition) is 3. The number of amides is 2. The van der Waals surface area contributed by atoms with Gasteiger partial charge in [-0.3, -0.25) is 19.3 Å². The second kappa shape index (κ2) is 9.65. The summed E-state index contributed by atoms with van der Waals surface area (Å²) in [6, 6.07) is 9.58. The molecule has 8 heteroatoms. The number of hydrogen-bond acceptors (Lipinski definition) is 5. The number of aliphatic hydroxyl groups is 1. The van der Waals surface area contributed by atoms with E-state index < -0.39 is 6.10 Å². The summed E-state index contributed by atoms with van der Waals surface area (Å²) in [5, 5.41) is 14.5. The number of aliphatic hydroxyl groups excluding tert-OH is 1. The maximum absolute atomic E-state index is 13.2. The summed E-state index contributed by atoms with van der Waals surface area (Å²) in [5.41, 5.74) is 0.470. The van der Waals surface area contributed by atoms with Crippen molar-refractivity contribution in [1.82, 2.24) is 20.1 Å². The molecule has 3 N–H and O–H groups in total. The van der Waals surface area contributed by atoms with Crippen molar-refractivity contribution in [3.63, 3.8) is 0 Å². The Balaban J connectivity index is 1.51. The third kappa shape index (κ3) is 4.82. The van der Waals surface area contributed by atoms with Gasteiger partial charge in [0.25, 0.3) is 11.5 Å². The van der Waals surface area contributed by atoms with E-state index in [1.165, 1.54) is 4.90 Å². The van der Waals surface area contributed by atoms with Crippen LogP contribution in [0.5, 0.6) is 0 Å². The number of likely N-dealkylation sites (N-methyl/N-ethyl adjacent to an activating group) is 1. The Hall–Kier alpha value is -2.71. The second-order valence-corrected chi connectivity index (χ2v) is 9.93. The first-order valence-electron chi connectivity index (χ1n) is 11.8. The molecule has 3 heterocycles. The number of para-hydroxylation sites is 1. The van der Waals surface area contributed by atoms with Gasteiger partial charge in [-0.2, -0.15) is 0 Å². The summed E-state index contributed by atoms with van der Waals surface area (Å²) in [6.45, 7) is 5.15.